The van der Waals surface area contributed by atoms with Crippen molar-refractivity contribution in [3.63, 3.8) is 0 Å². The van der Waals surface area contributed by atoms with E-state index in [9.17, 15) is 18.0 Å². The number of hydrazine groups is 1. The number of amides is 2. The van der Waals surface area contributed by atoms with E-state index in [0.717, 1.165) is 17.6 Å². The van der Waals surface area contributed by atoms with Gasteiger partial charge in [-0.3, -0.25) is 20.4 Å². The first kappa shape index (κ1) is 25.0. The zero-order valence-electron chi connectivity index (χ0n) is 19.6. The highest BCUT2D eigenvalue weighted by molar-refractivity contribution is 7.90. The van der Waals surface area contributed by atoms with Crippen LogP contribution in [0.25, 0.3) is 0 Å². The number of sulfone groups is 1. The van der Waals surface area contributed by atoms with Gasteiger partial charge in [-0.2, -0.15) is 0 Å². The molecule has 0 bridgehead atoms. The number of carbonyl (C=O) groups excluding carboxylic acids is 2. The van der Waals surface area contributed by atoms with Crippen molar-refractivity contribution in [1.82, 2.24) is 10.9 Å². The second-order valence-electron chi connectivity index (χ2n) is 8.97. The fourth-order valence-corrected chi connectivity index (χ4v) is 3.76. The van der Waals surface area contributed by atoms with Gasteiger partial charge in [0.15, 0.2) is 9.84 Å². The average molecular weight is 481 g/mol. The molecule has 3 aromatic rings. The van der Waals surface area contributed by atoms with Gasteiger partial charge in [-0.05, 0) is 59.0 Å². The van der Waals surface area contributed by atoms with Crippen LogP contribution in [0.1, 0.15) is 52.6 Å². The molecule has 0 aromatic heterocycles. The lowest BCUT2D eigenvalue weighted by Gasteiger charge is -2.19. The van der Waals surface area contributed by atoms with Crippen molar-refractivity contribution in [2.24, 2.45) is 0 Å². The van der Waals surface area contributed by atoms with Crippen LogP contribution in [0.3, 0.4) is 0 Å². The predicted octanol–water partition coefficient (Wildman–Crippen LogP) is 4.04. The summed E-state index contributed by atoms with van der Waals surface area (Å²) in [4.78, 5) is 24.7. The molecule has 0 atom stereocenters. The first-order valence-electron chi connectivity index (χ1n) is 10.7. The van der Waals surface area contributed by atoms with Gasteiger partial charge in [0.05, 0.1) is 4.90 Å². The molecule has 2 amide bonds. The summed E-state index contributed by atoms with van der Waals surface area (Å²) in [6.45, 7) is 6.82. The van der Waals surface area contributed by atoms with E-state index in [1.54, 1.807) is 24.3 Å². The average Bonchev–Trinajstić information content (AvgIpc) is 2.80. The van der Waals surface area contributed by atoms with E-state index < -0.39 is 21.7 Å². The summed E-state index contributed by atoms with van der Waals surface area (Å²) >= 11 is 0. The van der Waals surface area contributed by atoms with E-state index >= 15 is 0 Å². The Balaban J connectivity index is 1.53. The fraction of sp³-hybridized carbons (Fsp3) is 0.231. The highest BCUT2D eigenvalue weighted by Gasteiger charge is 2.14. The minimum absolute atomic E-state index is 0.0226. The van der Waals surface area contributed by atoms with Gasteiger partial charge < -0.3 is 4.74 Å². The van der Waals surface area contributed by atoms with E-state index in [1.807, 2.05) is 12.1 Å². The van der Waals surface area contributed by atoms with Crippen LogP contribution in [0, 0.1) is 0 Å². The minimum Gasteiger partial charge on any atom is -0.489 e. The third-order valence-corrected chi connectivity index (χ3v) is 6.27. The Bertz CT molecular complexity index is 1280. The van der Waals surface area contributed by atoms with E-state index in [2.05, 4.69) is 43.8 Å². The van der Waals surface area contributed by atoms with Gasteiger partial charge in [0, 0.05) is 17.4 Å². The van der Waals surface area contributed by atoms with Crippen LogP contribution in [-0.2, 0) is 21.9 Å². The predicted molar refractivity (Wildman–Crippen MR) is 130 cm³/mol. The van der Waals surface area contributed by atoms with Crippen LogP contribution in [0.5, 0.6) is 5.75 Å². The summed E-state index contributed by atoms with van der Waals surface area (Å²) < 4.78 is 29.1. The fourth-order valence-electron chi connectivity index (χ4n) is 3.10. The van der Waals surface area contributed by atoms with Gasteiger partial charge in [0.1, 0.15) is 12.4 Å². The van der Waals surface area contributed by atoms with Crippen LogP contribution >= 0.6 is 0 Å². The summed E-state index contributed by atoms with van der Waals surface area (Å²) in [5.41, 5.74) is 7.28. The normalized spacial score (nSPS) is 11.5. The van der Waals surface area contributed by atoms with Gasteiger partial charge in [0.25, 0.3) is 11.8 Å². The Morgan fingerprint density at radius 1 is 0.824 bits per heavy atom. The second kappa shape index (κ2) is 10.1. The highest BCUT2D eigenvalue weighted by atomic mass is 32.2. The number of carbonyl (C=O) groups is 2. The highest BCUT2D eigenvalue weighted by Crippen LogP contribution is 2.24. The summed E-state index contributed by atoms with van der Waals surface area (Å²) in [6.07, 6.45) is 1.06. The maximum absolute atomic E-state index is 12.4. The van der Waals surface area contributed by atoms with E-state index in [4.69, 9.17) is 4.74 Å². The maximum atomic E-state index is 12.4. The summed E-state index contributed by atoms with van der Waals surface area (Å²) in [5.74, 6) is -0.364. The molecular weight excluding hydrogens is 452 g/mol. The molecular formula is C26H28N2O5S. The zero-order chi connectivity index (χ0) is 24.9. The van der Waals surface area contributed by atoms with Crippen molar-refractivity contribution in [3.05, 3.63) is 95.1 Å². The standard InChI is InChI=1S/C26H28N2O5S/c1-26(2,3)21-12-14-22(15-13-21)33-17-18-8-10-19(11-9-18)24(29)27-28-25(30)20-6-5-7-23(16-20)34(4,31)32/h5-16H,17H2,1-4H3,(H,27,29)(H,28,30). The summed E-state index contributed by atoms with van der Waals surface area (Å²) in [5, 5.41) is 0. The van der Waals surface area contributed by atoms with Crippen molar-refractivity contribution < 1.29 is 22.7 Å². The molecule has 0 fully saturated rings. The molecule has 0 aliphatic carbocycles. The largest absolute Gasteiger partial charge is 0.489 e. The lowest BCUT2D eigenvalue weighted by Crippen LogP contribution is -2.41. The smallest absolute Gasteiger partial charge is 0.269 e. The zero-order valence-corrected chi connectivity index (χ0v) is 20.4. The molecule has 0 radical (unpaired) electrons. The van der Waals surface area contributed by atoms with Crippen molar-refractivity contribution in [1.29, 1.82) is 0 Å². The molecule has 0 aliphatic rings. The Hall–Kier alpha value is -3.65. The molecule has 0 saturated heterocycles. The first-order chi connectivity index (χ1) is 15.9. The minimum atomic E-state index is -3.45. The second-order valence-corrected chi connectivity index (χ2v) is 11.0. The van der Waals surface area contributed by atoms with E-state index in [1.165, 1.54) is 29.8 Å². The maximum Gasteiger partial charge on any atom is 0.269 e. The summed E-state index contributed by atoms with van der Waals surface area (Å²) in [6, 6.07) is 20.4. The SMILES string of the molecule is CC(C)(C)c1ccc(OCc2ccc(C(=O)NNC(=O)c3cccc(S(C)(=O)=O)c3)cc2)cc1. The molecule has 178 valence electrons. The van der Waals surface area contributed by atoms with Gasteiger partial charge >= 0.3 is 0 Å². The lowest BCUT2D eigenvalue weighted by molar-refractivity contribution is 0.0846. The van der Waals surface area contributed by atoms with Gasteiger partial charge in [-0.25, -0.2) is 8.42 Å². The molecule has 0 spiro atoms. The molecule has 0 unspecified atom stereocenters. The van der Waals surface area contributed by atoms with Crippen LogP contribution in [0.2, 0.25) is 0 Å². The van der Waals surface area contributed by atoms with Crippen LogP contribution in [-0.4, -0.2) is 26.5 Å². The Kier molecular flexibility index (Phi) is 7.41. The number of hydrogen-bond acceptors (Lipinski definition) is 5. The Morgan fingerprint density at radius 3 is 1.97 bits per heavy atom. The topological polar surface area (TPSA) is 102 Å². The Morgan fingerprint density at radius 2 is 1.41 bits per heavy atom. The summed E-state index contributed by atoms with van der Waals surface area (Å²) in [7, 11) is -3.45. The first-order valence-corrected chi connectivity index (χ1v) is 12.6. The third-order valence-electron chi connectivity index (χ3n) is 5.16. The molecule has 2 N–H and O–H groups in total. The molecule has 0 aliphatic heterocycles. The van der Waals surface area contributed by atoms with Crippen LogP contribution in [0.4, 0.5) is 0 Å². The van der Waals surface area contributed by atoms with Crippen LogP contribution < -0.4 is 15.6 Å². The number of nitrogens with one attached hydrogen (secondary N) is 2. The quantitative estimate of drug-likeness (QED) is 0.519. The third kappa shape index (κ3) is 6.68. The van der Waals surface area contributed by atoms with Gasteiger partial charge in [-0.15, -0.1) is 0 Å². The molecule has 3 rings (SSSR count). The number of hydrogen-bond donors (Lipinski definition) is 2. The molecule has 7 nitrogen and oxygen atoms in total. The number of ether oxygens (including phenoxy) is 1. The van der Waals surface area contributed by atoms with Crippen molar-refractivity contribution in [2.75, 3.05) is 6.26 Å². The number of benzene rings is 3. The monoisotopic (exact) mass is 480 g/mol. The van der Waals surface area contributed by atoms with E-state index in [0.29, 0.717) is 12.2 Å². The molecule has 3 aromatic carbocycles. The van der Waals surface area contributed by atoms with Gasteiger partial charge in [-0.1, -0.05) is 51.1 Å². The lowest BCUT2D eigenvalue weighted by atomic mass is 9.87. The van der Waals surface area contributed by atoms with Crippen molar-refractivity contribution in [2.45, 2.75) is 37.7 Å². The van der Waals surface area contributed by atoms with Crippen LogP contribution in [0.15, 0.2) is 77.7 Å². The van der Waals surface area contributed by atoms with E-state index in [-0.39, 0.29) is 15.9 Å². The molecule has 8 heteroatoms. The van der Waals surface area contributed by atoms with Gasteiger partial charge in [0.2, 0.25) is 0 Å². The molecule has 34 heavy (non-hydrogen) atoms. The molecule has 0 heterocycles. The van der Waals surface area contributed by atoms with Crippen molar-refractivity contribution >= 4 is 21.7 Å². The Labute approximate surface area is 200 Å². The number of rotatable bonds is 6. The molecule has 0 saturated carbocycles. The van der Waals surface area contributed by atoms with Crippen molar-refractivity contribution in [3.8, 4) is 5.75 Å².